The molecule has 1 aliphatic carbocycles. The normalized spacial score (nSPS) is 15.8. The van der Waals surface area contributed by atoms with Crippen molar-refractivity contribution in [3.05, 3.63) is 30.0 Å². The average Bonchev–Trinajstić information content (AvgIpc) is 2.74. The summed E-state index contributed by atoms with van der Waals surface area (Å²) in [6.07, 6.45) is 5.29. The topological polar surface area (TPSA) is 55.0 Å². The van der Waals surface area contributed by atoms with E-state index < -0.39 is 0 Å². The molecule has 1 aromatic heterocycles. The lowest BCUT2D eigenvalue weighted by Crippen LogP contribution is -2.20. The number of nitrogens with one attached hydrogen (secondary N) is 1. The third-order valence-corrected chi connectivity index (χ3v) is 3.38. The lowest BCUT2D eigenvalue weighted by molar-refractivity contribution is 0.0374. The van der Waals surface area contributed by atoms with E-state index >= 15 is 0 Å². The number of nitrogens with zero attached hydrogens (tertiary/aromatic N) is 1. The van der Waals surface area contributed by atoms with Crippen molar-refractivity contribution in [2.75, 3.05) is 6.61 Å². The fraction of sp³-hybridized carbons (Fsp3) is 0.385. The van der Waals surface area contributed by atoms with Crippen LogP contribution in [0.4, 0.5) is 0 Å². The van der Waals surface area contributed by atoms with E-state index in [1.165, 1.54) is 19.3 Å². The second-order valence-corrected chi connectivity index (χ2v) is 4.53. The molecule has 0 bridgehead atoms. The minimum absolute atomic E-state index is 0.246. The Balaban J connectivity index is 1.77. The van der Waals surface area contributed by atoms with Crippen LogP contribution >= 0.6 is 0 Å². The predicted molar refractivity (Wildman–Crippen MR) is 63.7 cm³/mol. The molecule has 0 atom stereocenters. The Kier molecular flexibility index (Phi) is 2.55. The summed E-state index contributed by atoms with van der Waals surface area (Å²) < 4.78 is 5.33. The third-order valence-electron chi connectivity index (χ3n) is 3.38. The number of benzene rings is 1. The molecule has 1 saturated carbocycles. The molecule has 1 aliphatic rings. The van der Waals surface area contributed by atoms with E-state index in [-0.39, 0.29) is 5.97 Å². The van der Waals surface area contributed by atoms with Crippen molar-refractivity contribution in [2.24, 2.45) is 5.92 Å². The van der Waals surface area contributed by atoms with Crippen LogP contribution in [0.15, 0.2) is 24.4 Å². The van der Waals surface area contributed by atoms with Gasteiger partial charge in [0.2, 0.25) is 0 Å². The molecular weight excluding hydrogens is 216 g/mol. The van der Waals surface area contributed by atoms with Gasteiger partial charge in [-0.25, -0.2) is 4.79 Å². The predicted octanol–water partition coefficient (Wildman–Crippen LogP) is 2.52. The minimum atomic E-state index is -0.246. The number of aromatic amines is 1. The number of H-pyrrole nitrogens is 1. The molecule has 1 fully saturated rings. The molecule has 4 heteroatoms. The van der Waals surface area contributed by atoms with E-state index in [0.717, 1.165) is 10.9 Å². The number of fused-ring (bicyclic) bond motifs is 1. The molecule has 2 aromatic rings. The molecule has 0 radical (unpaired) electrons. The molecule has 0 saturated heterocycles. The summed E-state index contributed by atoms with van der Waals surface area (Å²) >= 11 is 0. The molecule has 4 nitrogen and oxygen atoms in total. The fourth-order valence-corrected chi connectivity index (χ4v) is 2.08. The first kappa shape index (κ1) is 10.3. The van der Waals surface area contributed by atoms with Gasteiger partial charge >= 0.3 is 5.97 Å². The number of aromatic nitrogens is 2. The van der Waals surface area contributed by atoms with Crippen LogP contribution in [0.5, 0.6) is 0 Å². The second-order valence-electron chi connectivity index (χ2n) is 4.53. The number of carbonyl (C=O) groups is 1. The number of ether oxygens (including phenoxy) is 1. The van der Waals surface area contributed by atoms with Gasteiger partial charge in [0.05, 0.1) is 23.9 Å². The van der Waals surface area contributed by atoms with Gasteiger partial charge in [0.15, 0.2) is 0 Å². The highest BCUT2D eigenvalue weighted by atomic mass is 16.5. The van der Waals surface area contributed by atoms with Gasteiger partial charge in [-0.1, -0.05) is 12.5 Å². The molecule has 88 valence electrons. The number of esters is 1. The molecule has 0 unspecified atom stereocenters. The monoisotopic (exact) mass is 230 g/mol. The van der Waals surface area contributed by atoms with Crippen LogP contribution in [0.2, 0.25) is 0 Å². The van der Waals surface area contributed by atoms with Crippen LogP contribution in [0.1, 0.15) is 29.6 Å². The van der Waals surface area contributed by atoms with Gasteiger partial charge in [-0.3, -0.25) is 5.10 Å². The molecular formula is C13H14N2O2. The van der Waals surface area contributed by atoms with Gasteiger partial charge in [0.1, 0.15) is 0 Å². The van der Waals surface area contributed by atoms with E-state index in [2.05, 4.69) is 10.2 Å². The number of hydrogen-bond donors (Lipinski definition) is 1. The average molecular weight is 230 g/mol. The quantitative estimate of drug-likeness (QED) is 0.824. The van der Waals surface area contributed by atoms with Crippen LogP contribution < -0.4 is 0 Å². The van der Waals surface area contributed by atoms with Crippen LogP contribution in [-0.2, 0) is 4.74 Å². The zero-order valence-electron chi connectivity index (χ0n) is 9.48. The first-order valence-corrected chi connectivity index (χ1v) is 5.94. The molecule has 1 aromatic carbocycles. The molecule has 1 N–H and O–H groups in total. The van der Waals surface area contributed by atoms with Crippen molar-refractivity contribution in [2.45, 2.75) is 19.3 Å². The maximum absolute atomic E-state index is 11.9. The summed E-state index contributed by atoms with van der Waals surface area (Å²) in [5.74, 6) is 0.325. The van der Waals surface area contributed by atoms with Gasteiger partial charge in [0, 0.05) is 5.39 Å². The summed E-state index contributed by atoms with van der Waals surface area (Å²) in [5, 5.41) is 7.60. The molecule has 0 amide bonds. The Hall–Kier alpha value is -1.84. The van der Waals surface area contributed by atoms with E-state index in [4.69, 9.17) is 4.74 Å². The zero-order valence-corrected chi connectivity index (χ0v) is 9.48. The Morgan fingerprint density at radius 2 is 2.35 bits per heavy atom. The van der Waals surface area contributed by atoms with Crippen molar-refractivity contribution in [3.8, 4) is 0 Å². The maximum Gasteiger partial charge on any atom is 0.338 e. The van der Waals surface area contributed by atoms with Crippen LogP contribution in [0, 0.1) is 5.92 Å². The molecule has 0 spiro atoms. The summed E-state index contributed by atoms with van der Waals surface area (Å²) in [6.45, 7) is 0.549. The van der Waals surface area contributed by atoms with E-state index in [9.17, 15) is 4.79 Å². The van der Waals surface area contributed by atoms with Crippen molar-refractivity contribution >= 4 is 16.9 Å². The molecule has 0 aliphatic heterocycles. The van der Waals surface area contributed by atoms with Crippen molar-refractivity contribution in [1.29, 1.82) is 0 Å². The zero-order chi connectivity index (χ0) is 11.7. The first-order chi connectivity index (χ1) is 8.34. The van der Waals surface area contributed by atoms with Crippen molar-refractivity contribution < 1.29 is 9.53 Å². The van der Waals surface area contributed by atoms with Gasteiger partial charge in [-0.05, 0) is 30.9 Å². The Bertz CT molecular complexity index is 543. The van der Waals surface area contributed by atoms with Crippen LogP contribution in [-0.4, -0.2) is 22.8 Å². The summed E-state index contributed by atoms with van der Waals surface area (Å²) in [5.41, 5.74) is 1.46. The smallest absolute Gasteiger partial charge is 0.338 e. The first-order valence-electron chi connectivity index (χ1n) is 5.94. The van der Waals surface area contributed by atoms with Crippen molar-refractivity contribution in [1.82, 2.24) is 10.2 Å². The lowest BCUT2D eigenvalue weighted by Gasteiger charge is -2.24. The fourth-order valence-electron chi connectivity index (χ4n) is 2.08. The molecule has 17 heavy (non-hydrogen) atoms. The van der Waals surface area contributed by atoms with Gasteiger partial charge in [-0.15, -0.1) is 0 Å². The van der Waals surface area contributed by atoms with Crippen LogP contribution in [0.25, 0.3) is 10.9 Å². The summed E-state index contributed by atoms with van der Waals surface area (Å²) in [7, 11) is 0. The molecule has 1 heterocycles. The Morgan fingerprint density at radius 1 is 1.47 bits per heavy atom. The number of rotatable bonds is 3. The third kappa shape index (κ3) is 1.90. The highest BCUT2D eigenvalue weighted by Crippen LogP contribution is 2.27. The van der Waals surface area contributed by atoms with Gasteiger partial charge in [-0.2, -0.15) is 5.10 Å². The van der Waals surface area contributed by atoms with E-state index in [0.29, 0.717) is 18.1 Å². The Morgan fingerprint density at radius 3 is 3.12 bits per heavy atom. The van der Waals surface area contributed by atoms with Crippen LogP contribution in [0.3, 0.4) is 0 Å². The number of carbonyl (C=O) groups excluding carboxylic acids is 1. The largest absolute Gasteiger partial charge is 0.462 e. The summed E-state index contributed by atoms with van der Waals surface area (Å²) in [4.78, 5) is 11.9. The standard InChI is InChI=1S/C13H14N2O2/c16-13(17-8-9-3-1-4-9)10-5-2-6-12-11(10)7-14-15-12/h2,5-7,9H,1,3-4,8H2,(H,14,15). The SMILES string of the molecule is O=C(OCC1CCC1)c1cccc2[nH]ncc12. The second kappa shape index (κ2) is 4.20. The van der Waals surface area contributed by atoms with Gasteiger partial charge in [0.25, 0.3) is 0 Å². The number of hydrogen-bond acceptors (Lipinski definition) is 3. The lowest BCUT2D eigenvalue weighted by atomic mass is 9.86. The highest BCUT2D eigenvalue weighted by Gasteiger charge is 2.20. The van der Waals surface area contributed by atoms with Gasteiger partial charge < -0.3 is 4.74 Å². The Labute approximate surface area is 99.0 Å². The summed E-state index contributed by atoms with van der Waals surface area (Å²) in [6, 6.07) is 5.51. The van der Waals surface area contributed by atoms with E-state index in [1.807, 2.05) is 12.1 Å². The van der Waals surface area contributed by atoms with Crippen molar-refractivity contribution in [3.63, 3.8) is 0 Å². The highest BCUT2D eigenvalue weighted by molar-refractivity contribution is 6.03. The minimum Gasteiger partial charge on any atom is -0.462 e. The van der Waals surface area contributed by atoms with E-state index in [1.54, 1.807) is 12.3 Å². The molecule has 3 rings (SSSR count). The maximum atomic E-state index is 11.9.